The number of ketones is 1. The first kappa shape index (κ1) is 21.3. The average Bonchev–Trinajstić information content (AvgIpc) is 3.27. The van der Waals surface area contributed by atoms with E-state index in [4.69, 9.17) is 28.4 Å². The van der Waals surface area contributed by atoms with Gasteiger partial charge in [-0.1, -0.05) is 6.07 Å². The number of amides is 1. The Morgan fingerprint density at radius 3 is 2.69 bits per heavy atom. The van der Waals surface area contributed by atoms with E-state index in [1.807, 2.05) is 0 Å². The van der Waals surface area contributed by atoms with Gasteiger partial charge in [0.1, 0.15) is 18.0 Å². The summed E-state index contributed by atoms with van der Waals surface area (Å²) < 4.78 is 32.2. The van der Waals surface area contributed by atoms with Crippen molar-refractivity contribution >= 4 is 17.8 Å². The number of hydrogen-bond acceptors (Lipinski definition) is 9. The van der Waals surface area contributed by atoms with Crippen LogP contribution in [0.4, 0.5) is 4.79 Å². The number of fused-ring (bicyclic) bond motifs is 2. The van der Waals surface area contributed by atoms with E-state index in [-0.39, 0.29) is 19.0 Å². The second-order valence-electron chi connectivity index (χ2n) is 6.86. The van der Waals surface area contributed by atoms with Gasteiger partial charge in [-0.05, 0) is 31.2 Å². The van der Waals surface area contributed by atoms with Crippen LogP contribution in [-0.2, 0) is 14.3 Å². The van der Waals surface area contributed by atoms with Crippen LogP contribution in [0.3, 0.4) is 0 Å². The van der Waals surface area contributed by atoms with Crippen LogP contribution in [0.1, 0.15) is 28.9 Å². The Bertz CT molecular complexity index is 1050. The van der Waals surface area contributed by atoms with Crippen LogP contribution in [-0.4, -0.2) is 51.0 Å². The Morgan fingerprint density at radius 2 is 1.91 bits per heavy atom. The van der Waals surface area contributed by atoms with E-state index in [0.717, 1.165) is 0 Å². The van der Waals surface area contributed by atoms with Crippen molar-refractivity contribution in [1.29, 1.82) is 0 Å². The van der Waals surface area contributed by atoms with Crippen LogP contribution in [0.15, 0.2) is 36.4 Å². The van der Waals surface area contributed by atoms with Gasteiger partial charge in [0.25, 0.3) is 0 Å². The number of alkyl carbamates (subject to hydrolysis) is 1. The summed E-state index contributed by atoms with van der Waals surface area (Å²) in [6.45, 7) is 1.52. The minimum Gasteiger partial charge on any atom is -0.497 e. The maximum Gasteiger partial charge on any atom is 0.408 e. The predicted octanol–water partition coefficient (Wildman–Crippen LogP) is 2.40. The van der Waals surface area contributed by atoms with Gasteiger partial charge in [-0.2, -0.15) is 0 Å². The molecule has 2 aliphatic rings. The highest BCUT2D eigenvalue weighted by molar-refractivity contribution is 6.04. The SMILES string of the molecule is CCOC(=O)CNC(=O)O[C@H]1C(=O)c2ccc(OC)cc2O[C@@H]1c1ccc2c(c1)OCO2. The van der Waals surface area contributed by atoms with Gasteiger partial charge >= 0.3 is 12.1 Å². The number of esters is 1. The first-order chi connectivity index (χ1) is 15.5. The fraction of sp³-hybridized carbons (Fsp3) is 0.318. The lowest BCUT2D eigenvalue weighted by Gasteiger charge is -2.32. The number of ether oxygens (including phenoxy) is 6. The molecule has 2 atom stereocenters. The monoisotopic (exact) mass is 443 g/mol. The summed E-state index contributed by atoms with van der Waals surface area (Å²) in [5, 5.41) is 2.28. The molecule has 4 rings (SSSR count). The van der Waals surface area contributed by atoms with Crippen LogP contribution in [0.5, 0.6) is 23.0 Å². The standard InChI is InChI=1S/C22H21NO9/c1-3-28-18(24)10-23-22(26)32-21-19(25)14-6-5-13(27-2)9-16(14)31-20(21)12-4-7-15-17(8-12)30-11-29-15/h4-9,20-21H,3,10-11H2,1-2H3,(H,23,26)/t20-,21+/m1/s1. The van der Waals surface area contributed by atoms with Crippen molar-refractivity contribution in [2.24, 2.45) is 0 Å². The molecule has 0 radical (unpaired) electrons. The van der Waals surface area contributed by atoms with Crippen molar-refractivity contribution in [1.82, 2.24) is 5.32 Å². The molecule has 2 aliphatic heterocycles. The summed E-state index contributed by atoms with van der Waals surface area (Å²) in [6, 6.07) is 9.79. The maximum atomic E-state index is 13.2. The van der Waals surface area contributed by atoms with E-state index in [2.05, 4.69) is 5.32 Å². The molecule has 0 unspecified atom stereocenters. The van der Waals surface area contributed by atoms with Crippen LogP contribution < -0.4 is 24.3 Å². The van der Waals surface area contributed by atoms with E-state index >= 15 is 0 Å². The quantitative estimate of drug-likeness (QED) is 0.671. The lowest BCUT2D eigenvalue weighted by atomic mass is 9.93. The molecule has 0 saturated heterocycles. The molecule has 0 spiro atoms. The van der Waals surface area contributed by atoms with E-state index < -0.39 is 36.6 Å². The maximum absolute atomic E-state index is 13.2. The molecule has 2 aromatic carbocycles. The number of hydrogen-bond donors (Lipinski definition) is 1. The van der Waals surface area contributed by atoms with Crippen LogP contribution in [0.2, 0.25) is 0 Å². The molecule has 10 heteroatoms. The number of carbonyl (C=O) groups is 3. The zero-order chi connectivity index (χ0) is 22.7. The normalized spacial score (nSPS) is 18.2. The van der Waals surface area contributed by atoms with Gasteiger partial charge in [-0.15, -0.1) is 0 Å². The Balaban J connectivity index is 1.62. The summed E-state index contributed by atoms with van der Waals surface area (Å²) in [4.78, 5) is 37.1. The number of Topliss-reactive ketones (excluding diaryl/α,β-unsaturated/α-hetero) is 1. The van der Waals surface area contributed by atoms with Crippen molar-refractivity contribution < 1.29 is 42.8 Å². The lowest BCUT2D eigenvalue weighted by Crippen LogP contribution is -2.43. The molecule has 168 valence electrons. The first-order valence-electron chi connectivity index (χ1n) is 9.88. The van der Waals surface area contributed by atoms with Crippen molar-refractivity contribution in [2.45, 2.75) is 19.1 Å². The molecule has 32 heavy (non-hydrogen) atoms. The number of carbonyl (C=O) groups excluding carboxylic acids is 3. The summed E-state index contributed by atoms with van der Waals surface area (Å²) in [5.41, 5.74) is 0.783. The van der Waals surface area contributed by atoms with Gasteiger partial charge < -0.3 is 33.7 Å². The molecule has 2 heterocycles. The first-order valence-corrected chi connectivity index (χ1v) is 9.88. The molecule has 0 bridgehead atoms. The van der Waals surface area contributed by atoms with Crippen molar-refractivity contribution in [2.75, 3.05) is 27.1 Å². The minimum atomic E-state index is -1.31. The Labute approximate surface area is 183 Å². The predicted molar refractivity (Wildman–Crippen MR) is 108 cm³/mol. The number of methoxy groups -OCH3 is 1. The molecule has 0 aliphatic carbocycles. The molecular weight excluding hydrogens is 422 g/mol. The third kappa shape index (κ3) is 4.25. The molecule has 10 nitrogen and oxygen atoms in total. The van der Waals surface area contributed by atoms with Gasteiger partial charge in [-0.25, -0.2) is 4.79 Å². The van der Waals surface area contributed by atoms with Gasteiger partial charge in [0.05, 0.1) is 19.3 Å². The molecule has 0 saturated carbocycles. The molecule has 1 N–H and O–H groups in total. The molecule has 2 aromatic rings. The molecule has 1 amide bonds. The highest BCUT2D eigenvalue weighted by atomic mass is 16.7. The van der Waals surface area contributed by atoms with Crippen molar-refractivity contribution in [3.05, 3.63) is 47.5 Å². The largest absolute Gasteiger partial charge is 0.497 e. The fourth-order valence-corrected chi connectivity index (χ4v) is 3.38. The van der Waals surface area contributed by atoms with Crippen LogP contribution >= 0.6 is 0 Å². The van der Waals surface area contributed by atoms with Crippen molar-refractivity contribution in [3.63, 3.8) is 0 Å². The van der Waals surface area contributed by atoms with Crippen molar-refractivity contribution in [3.8, 4) is 23.0 Å². The van der Waals surface area contributed by atoms with Crippen LogP contribution in [0.25, 0.3) is 0 Å². The van der Waals surface area contributed by atoms with E-state index in [9.17, 15) is 14.4 Å². The van der Waals surface area contributed by atoms with Gasteiger partial charge in [0, 0.05) is 11.6 Å². The van der Waals surface area contributed by atoms with E-state index in [1.165, 1.54) is 7.11 Å². The lowest BCUT2D eigenvalue weighted by molar-refractivity contribution is -0.141. The highest BCUT2D eigenvalue weighted by Gasteiger charge is 2.42. The second kappa shape index (κ2) is 9.04. The average molecular weight is 443 g/mol. The highest BCUT2D eigenvalue weighted by Crippen LogP contribution is 2.41. The zero-order valence-corrected chi connectivity index (χ0v) is 17.4. The van der Waals surface area contributed by atoms with E-state index in [0.29, 0.717) is 28.6 Å². The van der Waals surface area contributed by atoms with Gasteiger partial charge in [0.2, 0.25) is 18.7 Å². The van der Waals surface area contributed by atoms with Gasteiger partial charge in [0.15, 0.2) is 17.6 Å². The molecular formula is C22H21NO9. The van der Waals surface area contributed by atoms with Crippen LogP contribution in [0, 0.1) is 0 Å². The summed E-state index contributed by atoms with van der Waals surface area (Å²) in [5.74, 6) is 0.766. The topological polar surface area (TPSA) is 119 Å². The minimum absolute atomic E-state index is 0.0828. The zero-order valence-electron chi connectivity index (χ0n) is 17.4. The number of rotatable bonds is 6. The molecule has 0 fully saturated rings. The second-order valence-corrected chi connectivity index (χ2v) is 6.86. The molecule has 0 aromatic heterocycles. The Morgan fingerprint density at radius 1 is 1.09 bits per heavy atom. The fourth-order valence-electron chi connectivity index (χ4n) is 3.38. The third-order valence-corrected chi connectivity index (χ3v) is 4.88. The summed E-state index contributed by atoms with van der Waals surface area (Å²) >= 11 is 0. The third-order valence-electron chi connectivity index (χ3n) is 4.88. The Hall–Kier alpha value is -3.95. The summed E-state index contributed by atoms with van der Waals surface area (Å²) in [7, 11) is 1.50. The summed E-state index contributed by atoms with van der Waals surface area (Å²) in [6.07, 6.45) is -3.23. The van der Waals surface area contributed by atoms with E-state index in [1.54, 1.807) is 43.3 Å². The Kier molecular flexibility index (Phi) is 6.02. The van der Waals surface area contributed by atoms with Gasteiger partial charge in [-0.3, -0.25) is 9.59 Å². The number of benzene rings is 2. The smallest absolute Gasteiger partial charge is 0.408 e. The number of nitrogens with one attached hydrogen (secondary N) is 1.